The predicted octanol–water partition coefficient (Wildman–Crippen LogP) is 3.05. The van der Waals surface area contributed by atoms with Crippen molar-refractivity contribution >= 4 is 0 Å². The third kappa shape index (κ3) is 2.26. The van der Waals surface area contributed by atoms with Gasteiger partial charge >= 0.3 is 0 Å². The molecule has 2 atom stereocenters. The minimum Gasteiger partial charge on any atom is -0.508 e. The highest BCUT2D eigenvalue weighted by atomic mass is 16.3. The Labute approximate surface area is 84.8 Å². The lowest BCUT2D eigenvalue weighted by Crippen LogP contribution is -2.06. The zero-order chi connectivity index (χ0) is 10.6. The lowest BCUT2D eigenvalue weighted by atomic mass is 9.86. The molecule has 0 aliphatic carbocycles. The van der Waals surface area contributed by atoms with Crippen LogP contribution in [0.2, 0.25) is 0 Å². The van der Waals surface area contributed by atoms with Crippen molar-refractivity contribution in [3.8, 4) is 11.8 Å². The highest BCUT2D eigenvalue weighted by molar-refractivity contribution is 5.30. The molecule has 1 aromatic rings. The Hall–Kier alpha value is -1.49. The van der Waals surface area contributed by atoms with E-state index >= 15 is 0 Å². The molecule has 2 nitrogen and oxygen atoms in total. The Bertz CT molecular complexity index is 340. The van der Waals surface area contributed by atoms with E-state index in [-0.39, 0.29) is 17.6 Å². The molecule has 0 spiro atoms. The molecule has 0 fully saturated rings. The van der Waals surface area contributed by atoms with Gasteiger partial charge in [-0.2, -0.15) is 5.26 Å². The first-order chi connectivity index (χ1) is 6.69. The fourth-order valence-electron chi connectivity index (χ4n) is 1.72. The summed E-state index contributed by atoms with van der Waals surface area (Å²) in [5.41, 5.74) is 1.04. The quantitative estimate of drug-likeness (QED) is 0.794. The number of hydrogen-bond donors (Lipinski definition) is 1. The van der Waals surface area contributed by atoms with Gasteiger partial charge in [0.15, 0.2) is 0 Å². The second kappa shape index (κ2) is 4.66. The fraction of sp³-hybridized carbons (Fsp3) is 0.417. The molecule has 0 radical (unpaired) electrons. The SMILES string of the molecule is CCC(c1cccc(O)c1)C(C)C#N. The minimum absolute atomic E-state index is 0.0122. The zero-order valence-electron chi connectivity index (χ0n) is 8.57. The first-order valence-corrected chi connectivity index (χ1v) is 4.87. The normalized spacial score (nSPS) is 14.4. The van der Waals surface area contributed by atoms with Crippen LogP contribution in [0.25, 0.3) is 0 Å². The van der Waals surface area contributed by atoms with Crippen molar-refractivity contribution in [3.05, 3.63) is 29.8 Å². The van der Waals surface area contributed by atoms with E-state index in [2.05, 4.69) is 13.0 Å². The number of hydrogen-bond acceptors (Lipinski definition) is 2. The van der Waals surface area contributed by atoms with Crippen molar-refractivity contribution in [2.24, 2.45) is 5.92 Å². The lowest BCUT2D eigenvalue weighted by Gasteiger charge is -2.17. The molecule has 0 amide bonds. The molecule has 1 rings (SSSR count). The average Bonchev–Trinajstić information content (AvgIpc) is 2.19. The largest absolute Gasteiger partial charge is 0.508 e. The Morgan fingerprint density at radius 3 is 2.71 bits per heavy atom. The van der Waals surface area contributed by atoms with Crippen molar-refractivity contribution in [2.45, 2.75) is 26.2 Å². The van der Waals surface area contributed by atoms with Gasteiger partial charge in [-0.3, -0.25) is 0 Å². The van der Waals surface area contributed by atoms with Crippen LogP contribution in [0, 0.1) is 17.2 Å². The van der Waals surface area contributed by atoms with Crippen LogP contribution in [-0.2, 0) is 0 Å². The molecule has 14 heavy (non-hydrogen) atoms. The number of aromatic hydroxyl groups is 1. The Balaban J connectivity index is 2.96. The maximum absolute atomic E-state index is 9.33. The maximum atomic E-state index is 9.33. The second-order valence-corrected chi connectivity index (χ2v) is 3.53. The lowest BCUT2D eigenvalue weighted by molar-refractivity contribution is 0.470. The van der Waals surface area contributed by atoms with Crippen molar-refractivity contribution in [3.63, 3.8) is 0 Å². The van der Waals surface area contributed by atoms with Crippen molar-refractivity contribution < 1.29 is 5.11 Å². The van der Waals surface area contributed by atoms with Gasteiger partial charge in [-0.05, 0) is 37.0 Å². The molecular formula is C12H15NO. The van der Waals surface area contributed by atoms with Gasteiger partial charge in [-0.1, -0.05) is 19.1 Å². The molecule has 2 heteroatoms. The molecule has 0 saturated carbocycles. The predicted molar refractivity (Wildman–Crippen MR) is 55.9 cm³/mol. The second-order valence-electron chi connectivity index (χ2n) is 3.53. The first-order valence-electron chi connectivity index (χ1n) is 4.87. The molecule has 0 bridgehead atoms. The van der Waals surface area contributed by atoms with E-state index in [0.29, 0.717) is 0 Å². The van der Waals surface area contributed by atoms with E-state index in [1.54, 1.807) is 12.1 Å². The highest BCUT2D eigenvalue weighted by Crippen LogP contribution is 2.29. The van der Waals surface area contributed by atoms with Crippen molar-refractivity contribution in [2.75, 3.05) is 0 Å². The number of rotatable bonds is 3. The van der Waals surface area contributed by atoms with Crippen molar-refractivity contribution in [1.29, 1.82) is 5.26 Å². The molecule has 2 unspecified atom stereocenters. The molecule has 0 aliphatic heterocycles. The van der Waals surface area contributed by atoms with Gasteiger partial charge in [-0.25, -0.2) is 0 Å². The zero-order valence-corrected chi connectivity index (χ0v) is 8.57. The van der Waals surface area contributed by atoms with Gasteiger partial charge in [0.25, 0.3) is 0 Å². The third-order valence-corrected chi connectivity index (χ3v) is 2.55. The van der Waals surface area contributed by atoms with Gasteiger partial charge in [0, 0.05) is 0 Å². The van der Waals surface area contributed by atoms with E-state index in [0.717, 1.165) is 12.0 Å². The van der Waals surface area contributed by atoms with E-state index in [9.17, 15) is 5.11 Å². The maximum Gasteiger partial charge on any atom is 0.115 e. The summed E-state index contributed by atoms with van der Waals surface area (Å²) in [4.78, 5) is 0. The molecule has 0 saturated heterocycles. The van der Waals surface area contributed by atoms with Gasteiger partial charge < -0.3 is 5.11 Å². The number of nitriles is 1. The van der Waals surface area contributed by atoms with Gasteiger partial charge in [0.2, 0.25) is 0 Å². The highest BCUT2D eigenvalue weighted by Gasteiger charge is 2.16. The van der Waals surface area contributed by atoms with E-state index < -0.39 is 0 Å². The average molecular weight is 189 g/mol. The summed E-state index contributed by atoms with van der Waals surface area (Å²) in [6, 6.07) is 9.41. The molecule has 0 aromatic heterocycles. The molecule has 0 aliphatic rings. The van der Waals surface area contributed by atoms with Crippen LogP contribution in [0.4, 0.5) is 0 Å². The van der Waals surface area contributed by atoms with Crippen LogP contribution in [0.5, 0.6) is 5.75 Å². The minimum atomic E-state index is -0.0122. The van der Waals surface area contributed by atoms with Crippen LogP contribution in [0.1, 0.15) is 31.7 Å². The number of nitrogens with zero attached hydrogens (tertiary/aromatic N) is 1. The Morgan fingerprint density at radius 1 is 1.50 bits per heavy atom. The Kier molecular flexibility index (Phi) is 3.53. The molecule has 1 aromatic carbocycles. The summed E-state index contributed by atoms with van der Waals surface area (Å²) < 4.78 is 0. The Morgan fingerprint density at radius 2 is 2.21 bits per heavy atom. The third-order valence-electron chi connectivity index (χ3n) is 2.55. The summed E-state index contributed by atoms with van der Waals surface area (Å²) >= 11 is 0. The topological polar surface area (TPSA) is 44.0 Å². The van der Waals surface area contributed by atoms with Crippen LogP contribution in [0.15, 0.2) is 24.3 Å². The van der Waals surface area contributed by atoms with Crippen LogP contribution >= 0.6 is 0 Å². The fourth-order valence-corrected chi connectivity index (χ4v) is 1.72. The smallest absolute Gasteiger partial charge is 0.115 e. The summed E-state index contributed by atoms with van der Waals surface area (Å²) in [7, 11) is 0. The van der Waals surface area contributed by atoms with Crippen LogP contribution < -0.4 is 0 Å². The van der Waals surface area contributed by atoms with Crippen LogP contribution in [-0.4, -0.2) is 5.11 Å². The van der Waals surface area contributed by atoms with Gasteiger partial charge in [0.05, 0.1) is 12.0 Å². The number of phenolic OH excluding ortho intramolecular Hbond substituents is 1. The number of benzene rings is 1. The van der Waals surface area contributed by atoms with Gasteiger partial charge in [-0.15, -0.1) is 0 Å². The summed E-state index contributed by atoms with van der Waals surface area (Å²) in [6.07, 6.45) is 0.915. The van der Waals surface area contributed by atoms with E-state index in [4.69, 9.17) is 5.26 Å². The number of phenols is 1. The molecule has 1 N–H and O–H groups in total. The van der Waals surface area contributed by atoms with Gasteiger partial charge in [0.1, 0.15) is 5.75 Å². The molecular weight excluding hydrogens is 174 g/mol. The van der Waals surface area contributed by atoms with Crippen molar-refractivity contribution in [1.82, 2.24) is 0 Å². The first kappa shape index (κ1) is 10.6. The summed E-state index contributed by atoms with van der Waals surface area (Å²) in [5, 5.41) is 18.2. The van der Waals surface area contributed by atoms with Crippen LogP contribution in [0.3, 0.4) is 0 Å². The van der Waals surface area contributed by atoms with E-state index in [1.165, 1.54) is 0 Å². The standard InChI is InChI=1S/C12H15NO/c1-3-12(9(2)8-13)10-5-4-6-11(14)7-10/h4-7,9,12,14H,3H2,1-2H3. The molecule has 74 valence electrons. The van der Waals surface area contributed by atoms with E-state index in [1.807, 2.05) is 19.1 Å². The summed E-state index contributed by atoms with van der Waals surface area (Å²) in [6.45, 7) is 3.97. The molecule has 0 heterocycles. The monoisotopic (exact) mass is 189 g/mol. The summed E-state index contributed by atoms with van der Waals surface area (Å²) in [5.74, 6) is 0.472.